The zero-order chi connectivity index (χ0) is 22.8. The fraction of sp³-hybridized carbons (Fsp3) is 0.640. The Morgan fingerprint density at radius 1 is 1.39 bits per heavy atom. The third-order valence-corrected chi connectivity index (χ3v) is 9.13. The molecule has 31 heavy (non-hydrogen) atoms. The van der Waals surface area contributed by atoms with Gasteiger partial charge in [-0.2, -0.15) is 0 Å². The standard InChI is InChI=1S/C25H30O5S/c1-5-14-12-18-17-8-7-15-11-16(26)9-10-23(15,3)21(17)19(27)13-24(18,4)25(14,22(29)31)30-20(28)6-2/h1,9-11,14,17-19,21,27H,6-8,12-13H2,2-4H3,(H,29,31)/t14-,17?,18?,19?,21?,23?,24?,25?/m1/s1. The summed E-state index contributed by atoms with van der Waals surface area (Å²) in [4.78, 5) is 37.4. The van der Waals surface area contributed by atoms with Gasteiger partial charge in [-0.1, -0.05) is 38.3 Å². The van der Waals surface area contributed by atoms with Crippen molar-refractivity contribution in [3.8, 4) is 12.3 Å². The molecule has 3 fully saturated rings. The van der Waals surface area contributed by atoms with E-state index in [-0.39, 0.29) is 36.4 Å². The molecule has 4 rings (SSSR count). The number of esters is 1. The molecule has 5 nitrogen and oxygen atoms in total. The van der Waals surface area contributed by atoms with Crippen LogP contribution in [0.1, 0.15) is 52.9 Å². The van der Waals surface area contributed by atoms with Gasteiger partial charge in [0.05, 0.1) is 12.0 Å². The first-order valence-corrected chi connectivity index (χ1v) is 11.5. The second-order valence-corrected chi connectivity index (χ2v) is 10.4. The molecule has 0 radical (unpaired) electrons. The average Bonchev–Trinajstić information content (AvgIpc) is 2.96. The first kappa shape index (κ1) is 22.4. The number of aliphatic hydroxyl groups is 1. The van der Waals surface area contributed by atoms with Crippen LogP contribution < -0.4 is 0 Å². The van der Waals surface area contributed by atoms with Gasteiger partial charge in [-0.05, 0) is 49.7 Å². The third-order valence-electron chi connectivity index (χ3n) is 8.80. The van der Waals surface area contributed by atoms with E-state index in [0.29, 0.717) is 6.42 Å². The number of rotatable bonds is 3. The number of fused-ring (bicyclic) bond motifs is 5. The molecule has 1 N–H and O–H groups in total. The lowest BCUT2D eigenvalue weighted by Gasteiger charge is -2.59. The zero-order valence-electron chi connectivity index (χ0n) is 18.3. The SMILES string of the molecule is C#C[C@@H]1CC2C3CCC4=CC(=O)C=CC4(C)C3C(O)CC2(C)C1(OC(=O)CC)C(=O)S. The molecule has 4 aliphatic rings. The molecule has 166 valence electrons. The molecule has 0 aromatic carbocycles. The molecule has 0 heterocycles. The van der Waals surface area contributed by atoms with E-state index in [4.69, 9.17) is 11.2 Å². The van der Waals surface area contributed by atoms with Crippen molar-refractivity contribution in [1.82, 2.24) is 0 Å². The maximum Gasteiger partial charge on any atom is 0.306 e. The van der Waals surface area contributed by atoms with Crippen LogP contribution in [0.5, 0.6) is 0 Å². The number of carbonyl (C=O) groups is 3. The van der Waals surface area contributed by atoms with E-state index >= 15 is 0 Å². The summed E-state index contributed by atoms with van der Waals surface area (Å²) in [5.41, 5.74) is -1.73. The molecule has 6 heteroatoms. The molecular formula is C25H30O5S. The van der Waals surface area contributed by atoms with Crippen molar-refractivity contribution >= 4 is 29.5 Å². The maximum atomic E-state index is 13.0. The van der Waals surface area contributed by atoms with Crippen molar-refractivity contribution < 1.29 is 24.2 Å². The number of hydrogen-bond donors (Lipinski definition) is 2. The van der Waals surface area contributed by atoms with Crippen molar-refractivity contribution in [3.63, 3.8) is 0 Å². The van der Waals surface area contributed by atoms with Crippen LogP contribution in [0.4, 0.5) is 0 Å². The fourth-order valence-corrected chi connectivity index (χ4v) is 7.87. The predicted molar refractivity (Wildman–Crippen MR) is 119 cm³/mol. The smallest absolute Gasteiger partial charge is 0.306 e. The molecular weight excluding hydrogens is 412 g/mol. The number of carbonyl (C=O) groups excluding carboxylic acids is 3. The van der Waals surface area contributed by atoms with Gasteiger partial charge >= 0.3 is 5.97 Å². The Hall–Kier alpha value is -1.84. The number of terminal acetylenes is 1. The summed E-state index contributed by atoms with van der Waals surface area (Å²) in [6, 6.07) is 0. The van der Waals surface area contributed by atoms with Crippen molar-refractivity contribution in [3.05, 3.63) is 23.8 Å². The van der Waals surface area contributed by atoms with E-state index in [1.54, 1.807) is 19.1 Å². The van der Waals surface area contributed by atoms with Gasteiger partial charge in [-0.15, -0.1) is 19.1 Å². The summed E-state index contributed by atoms with van der Waals surface area (Å²) in [5.74, 6) is 1.61. The van der Waals surface area contributed by atoms with Gasteiger partial charge in [-0.3, -0.25) is 14.4 Å². The van der Waals surface area contributed by atoms with Crippen LogP contribution >= 0.6 is 12.6 Å². The molecule has 0 saturated heterocycles. The Morgan fingerprint density at radius 3 is 2.71 bits per heavy atom. The highest BCUT2D eigenvalue weighted by molar-refractivity contribution is 7.96. The molecule has 0 spiro atoms. The van der Waals surface area contributed by atoms with Crippen LogP contribution in [0.25, 0.3) is 0 Å². The van der Waals surface area contributed by atoms with E-state index in [2.05, 4.69) is 25.5 Å². The van der Waals surface area contributed by atoms with Gasteiger partial charge < -0.3 is 9.84 Å². The number of ether oxygens (including phenoxy) is 1. The third kappa shape index (κ3) is 2.85. The van der Waals surface area contributed by atoms with Crippen LogP contribution in [-0.4, -0.2) is 33.7 Å². The lowest BCUT2D eigenvalue weighted by molar-refractivity contribution is -0.197. The molecule has 8 atom stereocenters. The summed E-state index contributed by atoms with van der Waals surface area (Å²) >= 11 is 4.17. The number of ketones is 1. The van der Waals surface area contributed by atoms with Crippen LogP contribution in [0.15, 0.2) is 23.8 Å². The Balaban J connectivity index is 1.82. The van der Waals surface area contributed by atoms with Crippen LogP contribution in [0.2, 0.25) is 0 Å². The van der Waals surface area contributed by atoms with E-state index in [1.165, 1.54) is 0 Å². The lowest BCUT2D eigenvalue weighted by Crippen LogP contribution is -2.63. The van der Waals surface area contributed by atoms with Gasteiger partial charge in [0.2, 0.25) is 5.12 Å². The lowest BCUT2D eigenvalue weighted by atomic mass is 9.46. The van der Waals surface area contributed by atoms with Crippen molar-refractivity contribution in [2.75, 3.05) is 0 Å². The molecule has 0 aromatic rings. The monoisotopic (exact) mass is 442 g/mol. The molecule has 0 amide bonds. The Bertz CT molecular complexity index is 944. The second kappa shape index (κ2) is 7.35. The van der Waals surface area contributed by atoms with Crippen LogP contribution in [-0.2, 0) is 19.1 Å². The van der Waals surface area contributed by atoms with Gasteiger partial charge in [0.15, 0.2) is 11.4 Å². The second-order valence-electron chi connectivity index (χ2n) is 10.0. The predicted octanol–water partition coefficient (Wildman–Crippen LogP) is 3.27. The zero-order valence-corrected chi connectivity index (χ0v) is 19.2. The number of thiol groups is 1. The van der Waals surface area contributed by atoms with Gasteiger partial charge in [0.1, 0.15) is 0 Å². The van der Waals surface area contributed by atoms with E-state index in [1.807, 2.05) is 13.0 Å². The van der Waals surface area contributed by atoms with Gasteiger partial charge in [0.25, 0.3) is 0 Å². The van der Waals surface area contributed by atoms with Crippen LogP contribution in [0, 0.1) is 46.8 Å². The van der Waals surface area contributed by atoms with Crippen molar-refractivity contribution in [2.45, 2.75) is 64.6 Å². The molecule has 7 unspecified atom stereocenters. The molecule has 0 aromatic heterocycles. The molecule has 3 saturated carbocycles. The van der Waals surface area contributed by atoms with E-state index in [9.17, 15) is 19.5 Å². The molecule has 0 bridgehead atoms. The Morgan fingerprint density at radius 2 is 2.10 bits per heavy atom. The summed E-state index contributed by atoms with van der Waals surface area (Å²) in [6.45, 7) is 5.70. The van der Waals surface area contributed by atoms with E-state index in [0.717, 1.165) is 18.4 Å². The molecule has 4 aliphatic carbocycles. The van der Waals surface area contributed by atoms with Gasteiger partial charge in [0, 0.05) is 23.2 Å². The maximum absolute atomic E-state index is 13.0. The minimum absolute atomic E-state index is 0.00731. The van der Waals surface area contributed by atoms with Crippen LogP contribution in [0.3, 0.4) is 0 Å². The highest BCUT2D eigenvalue weighted by Gasteiger charge is 2.73. The molecule has 0 aliphatic heterocycles. The minimum Gasteiger partial charge on any atom is -0.448 e. The minimum atomic E-state index is -1.55. The fourth-order valence-electron chi connectivity index (χ4n) is 7.41. The first-order chi connectivity index (χ1) is 14.5. The average molecular weight is 443 g/mol. The quantitative estimate of drug-likeness (QED) is 0.398. The summed E-state index contributed by atoms with van der Waals surface area (Å²) in [5, 5.41) is 10.9. The summed E-state index contributed by atoms with van der Waals surface area (Å²) in [7, 11) is 0. The topological polar surface area (TPSA) is 80.7 Å². The normalized spacial score (nSPS) is 45.6. The number of aliphatic hydroxyl groups excluding tert-OH is 1. The summed E-state index contributed by atoms with van der Waals surface area (Å²) < 4.78 is 5.87. The summed E-state index contributed by atoms with van der Waals surface area (Å²) in [6.07, 6.45) is 12.9. The highest BCUT2D eigenvalue weighted by Crippen LogP contribution is 2.69. The Kier molecular flexibility index (Phi) is 5.30. The highest BCUT2D eigenvalue weighted by atomic mass is 32.1. The largest absolute Gasteiger partial charge is 0.448 e. The first-order valence-electron chi connectivity index (χ1n) is 11.1. The Labute approximate surface area is 189 Å². The number of hydrogen-bond acceptors (Lipinski definition) is 5. The number of allylic oxidation sites excluding steroid dienone is 4. The van der Waals surface area contributed by atoms with Crippen molar-refractivity contribution in [2.24, 2.45) is 34.5 Å². The van der Waals surface area contributed by atoms with Gasteiger partial charge in [-0.25, -0.2) is 0 Å². The van der Waals surface area contributed by atoms with Crippen molar-refractivity contribution in [1.29, 1.82) is 0 Å². The van der Waals surface area contributed by atoms with E-state index < -0.39 is 39.5 Å².